The summed E-state index contributed by atoms with van der Waals surface area (Å²) in [6.07, 6.45) is 6.46. The van der Waals surface area contributed by atoms with Gasteiger partial charge in [0.1, 0.15) is 11.9 Å². The van der Waals surface area contributed by atoms with E-state index in [2.05, 4.69) is 15.9 Å². The van der Waals surface area contributed by atoms with Crippen LogP contribution in [-0.4, -0.2) is 17.2 Å². The van der Waals surface area contributed by atoms with E-state index in [1.165, 1.54) is 19.3 Å². The van der Waals surface area contributed by atoms with Gasteiger partial charge in [-0.1, -0.05) is 40.9 Å². The van der Waals surface area contributed by atoms with Crippen molar-refractivity contribution in [3.63, 3.8) is 0 Å². The maximum atomic E-state index is 11.9. The van der Waals surface area contributed by atoms with E-state index in [0.717, 1.165) is 29.5 Å². The molecule has 0 radical (unpaired) electrons. The molecule has 0 N–H and O–H groups in total. The van der Waals surface area contributed by atoms with Gasteiger partial charge in [0.25, 0.3) is 0 Å². The molecule has 1 aromatic carbocycles. The molecule has 1 aromatic rings. The number of ether oxygens (including phenoxy) is 1. The van der Waals surface area contributed by atoms with E-state index in [9.17, 15) is 4.79 Å². The van der Waals surface area contributed by atoms with Crippen molar-refractivity contribution in [3.8, 4) is 5.75 Å². The quantitative estimate of drug-likeness (QED) is 0.576. The second-order valence-electron chi connectivity index (χ2n) is 4.76. The van der Waals surface area contributed by atoms with Crippen molar-refractivity contribution in [3.05, 3.63) is 29.8 Å². The summed E-state index contributed by atoms with van der Waals surface area (Å²) in [5, 5.41) is 1.08. The molecule has 98 valence electrons. The number of carbonyl (C=O) groups excluding carboxylic acids is 1. The predicted octanol–water partition coefficient (Wildman–Crippen LogP) is 4.37. The second kappa shape index (κ2) is 6.93. The Bertz CT molecular complexity index is 403. The van der Waals surface area contributed by atoms with Crippen LogP contribution >= 0.6 is 15.9 Å². The highest BCUT2D eigenvalue weighted by atomic mass is 79.9. The number of para-hydroxylation sites is 1. The zero-order chi connectivity index (χ0) is 12.8. The standard InChI is InChI=1S/C15H19BrO2/c16-10-6-2-1-3-7-12-11-14(17)13-8-4-5-9-15(13)18-12/h4-5,8-9,12H,1-3,6-7,10-11H2. The fraction of sp³-hybridized carbons (Fsp3) is 0.533. The fourth-order valence-electron chi connectivity index (χ4n) is 2.32. The van der Waals surface area contributed by atoms with Gasteiger partial charge >= 0.3 is 0 Å². The third kappa shape index (κ3) is 3.58. The second-order valence-corrected chi connectivity index (χ2v) is 5.55. The summed E-state index contributed by atoms with van der Waals surface area (Å²) < 4.78 is 5.88. The summed E-state index contributed by atoms with van der Waals surface area (Å²) in [5.41, 5.74) is 0.744. The third-order valence-corrected chi connectivity index (χ3v) is 3.86. The van der Waals surface area contributed by atoms with Crippen LogP contribution < -0.4 is 4.74 Å². The third-order valence-electron chi connectivity index (χ3n) is 3.30. The minimum Gasteiger partial charge on any atom is -0.489 e. The van der Waals surface area contributed by atoms with Gasteiger partial charge in [-0.05, 0) is 31.4 Å². The van der Waals surface area contributed by atoms with Crippen molar-refractivity contribution >= 4 is 21.7 Å². The van der Waals surface area contributed by atoms with Gasteiger partial charge in [-0.25, -0.2) is 0 Å². The average Bonchev–Trinajstić information content (AvgIpc) is 2.39. The number of unbranched alkanes of at least 4 members (excludes halogenated alkanes) is 3. The van der Waals surface area contributed by atoms with Crippen LogP contribution in [0.4, 0.5) is 0 Å². The molecule has 0 aromatic heterocycles. The van der Waals surface area contributed by atoms with Crippen molar-refractivity contribution < 1.29 is 9.53 Å². The molecule has 0 amide bonds. The van der Waals surface area contributed by atoms with E-state index < -0.39 is 0 Å². The molecule has 1 heterocycles. The number of hydrogen-bond donors (Lipinski definition) is 0. The highest BCUT2D eigenvalue weighted by Gasteiger charge is 2.25. The number of carbonyl (C=O) groups is 1. The molecule has 0 fully saturated rings. The Kier molecular flexibility index (Phi) is 5.24. The number of hydrogen-bond acceptors (Lipinski definition) is 2. The Labute approximate surface area is 117 Å². The lowest BCUT2D eigenvalue weighted by molar-refractivity contribution is 0.0835. The number of fused-ring (bicyclic) bond motifs is 1. The summed E-state index contributed by atoms with van der Waals surface area (Å²) in [6, 6.07) is 7.55. The molecule has 1 aliphatic rings. The number of alkyl halides is 1. The minimum absolute atomic E-state index is 0.0800. The zero-order valence-electron chi connectivity index (χ0n) is 10.5. The van der Waals surface area contributed by atoms with Crippen LogP contribution in [0, 0.1) is 0 Å². The molecule has 0 aliphatic carbocycles. The summed E-state index contributed by atoms with van der Waals surface area (Å²) in [4.78, 5) is 11.9. The average molecular weight is 311 g/mol. The molecular formula is C15H19BrO2. The van der Waals surface area contributed by atoms with Gasteiger partial charge in [0.15, 0.2) is 5.78 Å². The topological polar surface area (TPSA) is 26.3 Å². The zero-order valence-corrected chi connectivity index (χ0v) is 12.1. The number of Topliss-reactive ketones (excluding diaryl/α,β-unsaturated/α-hetero) is 1. The molecule has 0 saturated heterocycles. The van der Waals surface area contributed by atoms with E-state index in [-0.39, 0.29) is 11.9 Å². The van der Waals surface area contributed by atoms with Gasteiger partial charge < -0.3 is 4.74 Å². The van der Waals surface area contributed by atoms with Gasteiger partial charge in [-0.2, -0.15) is 0 Å². The number of halogens is 1. The van der Waals surface area contributed by atoms with Crippen LogP contribution in [0.3, 0.4) is 0 Å². The lowest BCUT2D eigenvalue weighted by atomic mass is 9.97. The summed E-state index contributed by atoms with van der Waals surface area (Å²) in [7, 11) is 0. The van der Waals surface area contributed by atoms with Crippen molar-refractivity contribution in [1.29, 1.82) is 0 Å². The van der Waals surface area contributed by atoms with E-state index in [1.807, 2.05) is 24.3 Å². The number of rotatable bonds is 6. The van der Waals surface area contributed by atoms with E-state index in [4.69, 9.17) is 4.74 Å². The van der Waals surface area contributed by atoms with Crippen molar-refractivity contribution in [2.24, 2.45) is 0 Å². The van der Waals surface area contributed by atoms with Crippen LogP contribution in [0.15, 0.2) is 24.3 Å². The Morgan fingerprint density at radius 1 is 1.17 bits per heavy atom. The first kappa shape index (κ1) is 13.6. The SMILES string of the molecule is O=C1CC(CCCCCCBr)Oc2ccccc21. The highest BCUT2D eigenvalue weighted by molar-refractivity contribution is 9.09. The van der Waals surface area contributed by atoms with E-state index in [1.54, 1.807) is 0 Å². The van der Waals surface area contributed by atoms with Crippen LogP contribution in [0.25, 0.3) is 0 Å². The first-order valence-corrected chi connectivity index (χ1v) is 7.78. The van der Waals surface area contributed by atoms with Crippen molar-refractivity contribution in [1.82, 2.24) is 0 Å². The van der Waals surface area contributed by atoms with E-state index >= 15 is 0 Å². The Balaban J connectivity index is 1.82. The summed E-state index contributed by atoms with van der Waals surface area (Å²) in [5.74, 6) is 0.988. The molecule has 1 unspecified atom stereocenters. The van der Waals surface area contributed by atoms with Crippen molar-refractivity contribution in [2.45, 2.75) is 44.6 Å². The Hall–Kier alpha value is -0.830. The Morgan fingerprint density at radius 2 is 1.94 bits per heavy atom. The summed E-state index contributed by atoms with van der Waals surface area (Å²) >= 11 is 3.43. The lowest BCUT2D eigenvalue weighted by Crippen LogP contribution is -2.26. The smallest absolute Gasteiger partial charge is 0.170 e. The van der Waals surface area contributed by atoms with Crippen LogP contribution in [0.2, 0.25) is 0 Å². The first-order chi connectivity index (χ1) is 8.81. The van der Waals surface area contributed by atoms with Gasteiger partial charge in [0.2, 0.25) is 0 Å². The summed E-state index contributed by atoms with van der Waals surface area (Å²) in [6.45, 7) is 0. The molecule has 1 aliphatic heterocycles. The van der Waals surface area contributed by atoms with Gasteiger partial charge in [0, 0.05) is 11.8 Å². The van der Waals surface area contributed by atoms with Crippen LogP contribution in [-0.2, 0) is 0 Å². The minimum atomic E-state index is 0.0800. The van der Waals surface area contributed by atoms with Gasteiger partial charge in [-0.15, -0.1) is 0 Å². The lowest BCUT2D eigenvalue weighted by Gasteiger charge is -2.25. The fourth-order valence-corrected chi connectivity index (χ4v) is 2.72. The number of ketones is 1. The molecule has 2 rings (SSSR count). The molecular weight excluding hydrogens is 292 g/mol. The molecule has 0 spiro atoms. The number of benzene rings is 1. The maximum Gasteiger partial charge on any atom is 0.170 e. The normalized spacial score (nSPS) is 18.3. The monoisotopic (exact) mass is 310 g/mol. The van der Waals surface area contributed by atoms with Gasteiger partial charge in [0.05, 0.1) is 5.56 Å². The van der Waals surface area contributed by atoms with Crippen LogP contribution in [0.5, 0.6) is 5.75 Å². The Morgan fingerprint density at radius 3 is 2.78 bits per heavy atom. The molecule has 1 atom stereocenters. The molecule has 2 nitrogen and oxygen atoms in total. The highest BCUT2D eigenvalue weighted by Crippen LogP contribution is 2.29. The maximum absolute atomic E-state index is 11.9. The molecule has 0 bridgehead atoms. The van der Waals surface area contributed by atoms with Gasteiger partial charge in [-0.3, -0.25) is 4.79 Å². The molecule has 0 saturated carbocycles. The largest absolute Gasteiger partial charge is 0.489 e. The first-order valence-electron chi connectivity index (χ1n) is 6.66. The van der Waals surface area contributed by atoms with Crippen molar-refractivity contribution in [2.75, 3.05) is 5.33 Å². The van der Waals surface area contributed by atoms with E-state index in [0.29, 0.717) is 6.42 Å². The molecule has 18 heavy (non-hydrogen) atoms. The molecule has 3 heteroatoms. The van der Waals surface area contributed by atoms with Crippen LogP contribution in [0.1, 0.15) is 48.9 Å². The predicted molar refractivity (Wildman–Crippen MR) is 76.7 cm³/mol.